The van der Waals surface area contributed by atoms with Crippen molar-refractivity contribution in [3.63, 3.8) is 0 Å². The van der Waals surface area contributed by atoms with Gasteiger partial charge in [0.15, 0.2) is 16.7 Å². The number of nitrogens with one attached hydrogen (secondary N) is 1. The van der Waals surface area contributed by atoms with E-state index >= 15 is 0 Å². The fraction of sp³-hybridized carbons (Fsp3) is 0.200. The molecule has 4 nitrogen and oxygen atoms in total. The van der Waals surface area contributed by atoms with Gasteiger partial charge in [-0.05, 0) is 30.2 Å². The van der Waals surface area contributed by atoms with Crippen molar-refractivity contribution >= 4 is 22.4 Å². The Hall–Kier alpha value is -2.73. The average molecular weight is 370 g/mol. The molecular weight excluding hydrogens is 351 g/mol. The van der Waals surface area contributed by atoms with Crippen molar-refractivity contribution in [3.05, 3.63) is 76.0 Å². The summed E-state index contributed by atoms with van der Waals surface area (Å²) in [5, 5.41) is 3.32. The highest BCUT2D eigenvalue weighted by atomic mass is 32.1. The Morgan fingerprint density at radius 3 is 2.62 bits per heavy atom. The third-order valence-corrected chi connectivity index (χ3v) is 4.79. The SMILES string of the molecule is COc1ccc(CC(=O)Nc2ncc(Cc3ccc(C)cc3)s2)cc1F. The highest BCUT2D eigenvalue weighted by molar-refractivity contribution is 7.15. The van der Waals surface area contributed by atoms with Crippen LogP contribution in [0.25, 0.3) is 0 Å². The number of hydrogen-bond acceptors (Lipinski definition) is 4. The Bertz CT molecular complexity index is 906. The Labute approximate surface area is 155 Å². The van der Waals surface area contributed by atoms with E-state index in [4.69, 9.17) is 4.74 Å². The van der Waals surface area contributed by atoms with Crippen LogP contribution in [0.15, 0.2) is 48.7 Å². The van der Waals surface area contributed by atoms with Crippen LogP contribution < -0.4 is 10.1 Å². The second kappa shape index (κ2) is 8.10. The van der Waals surface area contributed by atoms with Gasteiger partial charge in [0.2, 0.25) is 5.91 Å². The van der Waals surface area contributed by atoms with Crippen LogP contribution in [-0.2, 0) is 17.6 Å². The van der Waals surface area contributed by atoms with E-state index < -0.39 is 5.82 Å². The lowest BCUT2D eigenvalue weighted by Crippen LogP contribution is -2.14. The van der Waals surface area contributed by atoms with Crippen LogP contribution in [0, 0.1) is 12.7 Å². The number of thiazole rings is 1. The Morgan fingerprint density at radius 1 is 1.19 bits per heavy atom. The second-order valence-corrected chi connectivity index (χ2v) is 7.10. The van der Waals surface area contributed by atoms with E-state index in [1.54, 1.807) is 12.3 Å². The number of carbonyl (C=O) groups is 1. The number of benzene rings is 2. The first kappa shape index (κ1) is 18.1. The van der Waals surface area contributed by atoms with Gasteiger partial charge in [0.05, 0.1) is 13.5 Å². The minimum atomic E-state index is -0.479. The molecule has 1 heterocycles. The van der Waals surface area contributed by atoms with E-state index in [9.17, 15) is 9.18 Å². The molecule has 6 heteroatoms. The number of carbonyl (C=O) groups excluding carboxylic acids is 1. The van der Waals surface area contributed by atoms with Gasteiger partial charge in [-0.15, -0.1) is 11.3 Å². The van der Waals surface area contributed by atoms with Crippen LogP contribution >= 0.6 is 11.3 Å². The lowest BCUT2D eigenvalue weighted by atomic mass is 10.1. The molecule has 0 radical (unpaired) electrons. The van der Waals surface area contributed by atoms with E-state index in [2.05, 4.69) is 41.5 Å². The number of hydrogen-bond donors (Lipinski definition) is 1. The van der Waals surface area contributed by atoms with Gasteiger partial charge >= 0.3 is 0 Å². The number of anilines is 1. The summed E-state index contributed by atoms with van der Waals surface area (Å²) >= 11 is 1.44. The zero-order valence-corrected chi connectivity index (χ0v) is 15.4. The van der Waals surface area contributed by atoms with Crippen molar-refractivity contribution in [1.82, 2.24) is 4.98 Å². The molecule has 0 atom stereocenters. The van der Waals surface area contributed by atoms with Crippen LogP contribution in [-0.4, -0.2) is 18.0 Å². The lowest BCUT2D eigenvalue weighted by Gasteiger charge is -2.05. The maximum absolute atomic E-state index is 13.7. The van der Waals surface area contributed by atoms with Gasteiger partial charge in [-0.2, -0.15) is 0 Å². The maximum Gasteiger partial charge on any atom is 0.230 e. The van der Waals surface area contributed by atoms with Crippen LogP contribution in [0.3, 0.4) is 0 Å². The molecule has 26 heavy (non-hydrogen) atoms. The van der Waals surface area contributed by atoms with Crippen LogP contribution in [0.4, 0.5) is 9.52 Å². The zero-order valence-electron chi connectivity index (χ0n) is 14.6. The predicted molar refractivity (Wildman–Crippen MR) is 101 cm³/mol. The van der Waals surface area contributed by atoms with Crippen molar-refractivity contribution in [2.75, 3.05) is 12.4 Å². The standard InChI is InChI=1S/C20H19FN2O2S/c1-13-3-5-14(6-4-13)9-16-12-22-20(26-16)23-19(24)11-15-7-8-18(25-2)17(21)10-15/h3-8,10,12H,9,11H2,1-2H3,(H,22,23,24). The number of ether oxygens (including phenoxy) is 1. The summed E-state index contributed by atoms with van der Waals surface area (Å²) in [5.74, 6) is -0.548. The molecule has 0 fully saturated rings. The van der Waals surface area contributed by atoms with Crippen molar-refractivity contribution in [2.24, 2.45) is 0 Å². The van der Waals surface area contributed by atoms with E-state index in [0.29, 0.717) is 10.7 Å². The molecular formula is C20H19FN2O2S. The summed E-state index contributed by atoms with van der Waals surface area (Å²) in [7, 11) is 1.40. The molecule has 3 rings (SSSR count). The van der Waals surface area contributed by atoms with Gasteiger partial charge in [-0.3, -0.25) is 4.79 Å². The molecule has 0 aliphatic rings. The molecule has 1 N–H and O–H groups in total. The first-order valence-electron chi connectivity index (χ1n) is 8.16. The highest BCUT2D eigenvalue weighted by Gasteiger charge is 2.10. The topological polar surface area (TPSA) is 51.2 Å². The number of amides is 1. The van der Waals surface area contributed by atoms with E-state index in [1.165, 1.54) is 41.7 Å². The van der Waals surface area contributed by atoms with Gasteiger partial charge in [0, 0.05) is 17.5 Å². The van der Waals surface area contributed by atoms with Crippen molar-refractivity contribution in [3.8, 4) is 5.75 Å². The molecule has 2 aromatic carbocycles. The summed E-state index contributed by atoms with van der Waals surface area (Å²) in [4.78, 5) is 17.5. The molecule has 0 aliphatic carbocycles. The van der Waals surface area contributed by atoms with E-state index in [-0.39, 0.29) is 18.1 Å². The number of rotatable bonds is 6. The maximum atomic E-state index is 13.7. The third kappa shape index (κ3) is 4.67. The molecule has 0 unspecified atom stereocenters. The van der Waals surface area contributed by atoms with E-state index in [0.717, 1.165) is 11.3 Å². The van der Waals surface area contributed by atoms with Crippen LogP contribution in [0.5, 0.6) is 5.75 Å². The van der Waals surface area contributed by atoms with Crippen molar-refractivity contribution in [1.29, 1.82) is 0 Å². The summed E-state index contributed by atoms with van der Waals surface area (Å²) < 4.78 is 18.6. The van der Waals surface area contributed by atoms with Crippen molar-refractivity contribution < 1.29 is 13.9 Å². The Kier molecular flexibility index (Phi) is 5.63. The smallest absolute Gasteiger partial charge is 0.230 e. The summed E-state index contributed by atoms with van der Waals surface area (Å²) in [6.07, 6.45) is 2.62. The Morgan fingerprint density at radius 2 is 1.92 bits per heavy atom. The largest absolute Gasteiger partial charge is 0.494 e. The number of aromatic nitrogens is 1. The molecule has 0 saturated carbocycles. The average Bonchev–Trinajstić information content (AvgIpc) is 3.04. The highest BCUT2D eigenvalue weighted by Crippen LogP contribution is 2.22. The second-order valence-electron chi connectivity index (χ2n) is 5.99. The first-order valence-corrected chi connectivity index (χ1v) is 8.97. The molecule has 1 amide bonds. The van der Waals surface area contributed by atoms with Gasteiger partial charge in [-0.25, -0.2) is 9.37 Å². The number of halogens is 1. The molecule has 1 aromatic heterocycles. The fourth-order valence-corrected chi connectivity index (χ4v) is 3.39. The van der Waals surface area contributed by atoms with Gasteiger partial charge < -0.3 is 10.1 Å². The normalized spacial score (nSPS) is 10.6. The molecule has 0 spiro atoms. The van der Waals surface area contributed by atoms with Gasteiger partial charge in [0.1, 0.15) is 0 Å². The molecule has 0 saturated heterocycles. The molecule has 0 bridgehead atoms. The van der Waals surface area contributed by atoms with Crippen molar-refractivity contribution in [2.45, 2.75) is 19.8 Å². The van der Waals surface area contributed by atoms with Crippen LogP contribution in [0.2, 0.25) is 0 Å². The lowest BCUT2D eigenvalue weighted by molar-refractivity contribution is -0.115. The summed E-state index contributed by atoms with van der Waals surface area (Å²) in [5.41, 5.74) is 3.00. The molecule has 3 aromatic rings. The number of methoxy groups -OCH3 is 1. The van der Waals surface area contributed by atoms with Crippen LogP contribution in [0.1, 0.15) is 21.6 Å². The van der Waals surface area contributed by atoms with E-state index in [1.807, 2.05) is 0 Å². The predicted octanol–water partition coefficient (Wildman–Crippen LogP) is 4.37. The minimum absolute atomic E-state index is 0.0772. The monoisotopic (exact) mass is 370 g/mol. The molecule has 134 valence electrons. The number of nitrogens with zero attached hydrogens (tertiary/aromatic N) is 1. The summed E-state index contributed by atoms with van der Waals surface area (Å²) in [6, 6.07) is 12.8. The minimum Gasteiger partial charge on any atom is -0.494 e. The first-order chi connectivity index (χ1) is 12.5. The zero-order chi connectivity index (χ0) is 18.5. The summed E-state index contributed by atoms with van der Waals surface area (Å²) in [6.45, 7) is 2.05. The third-order valence-electron chi connectivity index (χ3n) is 3.88. The quantitative estimate of drug-likeness (QED) is 0.701. The van der Waals surface area contributed by atoms with Gasteiger partial charge in [0.25, 0.3) is 0 Å². The Balaban J connectivity index is 1.59. The molecule has 0 aliphatic heterocycles. The van der Waals surface area contributed by atoms with Gasteiger partial charge in [-0.1, -0.05) is 35.9 Å². The fourth-order valence-electron chi connectivity index (χ4n) is 2.52. The number of aryl methyl sites for hydroxylation is 1.